The summed E-state index contributed by atoms with van der Waals surface area (Å²) in [6, 6.07) is 4.01. The van der Waals surface area contributed by atoms with Crippen molar-refractivity contribution >= 4 is 5.82 Å². The van der Waals surface area contributed by atoms with E-state index in [1.54, 1.807) is 0 Å². The van der Waals surface area contributed by atoms with Crippen LogP contribution in [0.5, 0.6) is 0 Å². The SMILES string of the molecule is CC(C)CCN(C)c1cc(CN)ccn1. The lowest BCUT2D eigenvalue weighted by atomic mass is 10.1. The van der Waals surface area contributed by atoms with Gasteiger partial charge in [0.1, 0.15) is 5.82 Å². The molecule has 1 aromatic rings. The van der Waals surface area contributed by atoms with Crippen LogP contribution in [0.2, 0.25) is 0 Å². The number of nitrogens with two attached hydrogens (primary N) is 1. The molecule has 0 saturated carbocycles. The van der Waals surface area contributed by atoms with Gasteiger partial charge < -0.3 is 10.6 Å². The van der Waals surface area contributed by atoms with Crippen LogP contribution >= 0.6 is 0 Å². The zero-order valence-corrected chi connectivity index (χ0v) is 9.90. The van der Waals surface area contributed by atoms with Crippen molar-refractivity contribution in [1.82, 2.24) is 4.98 Å². The molecule has 1 heterocycles. The van der Waals surface area contributed by atoms with Crippen molar-refractivity contribution in [2.75, 3.05) is 18.5 Å². The molecule has 15 heavy (non-hydrogen) atoms. The van der Waals surface area contributed by atoms with Gasteiger partial charge in [0.25, 0.3) is 0 Å². The molecular formula is C12H21N3. The molecule has 3 heteroatoms. The molecular weight excluding hydrogens is 186 g/mol. The van der Waals surface area contributed by atoms with Gasteiger partial charge in [-0.1, -0.05) is 13.8 Å². The summed E-state index contributed by atoms with van der Waals surface area (Å²) in [5.74, 6) is 1.74. The number of aromatic nitrogens is 1. The molecule has 0 atom stereocenters. The zero-order valence-electron chi connectivity index (χ0n) is 9.90. The Hall–Kier alpha value is -1.09. The average Bonchev–Trinajstić information content (AvgIpc) is 2.26. The zero-order chi connectivity index (χ0) is 11.3. The number of hydrogen-bond acceptors (Lipinski definition) is 3. The highest BCUT2D eigenvalue weighted by molar-refractivity contribution is 5.39. The second-order valence-electron chi connectivity index (χ2n) is 4.33. The van der Waals surface area contributed by atoms with Crippen molar-refractivity contribution in [3.63, 3.8) is 0 Å². The van der Waals surface area contributed by atoms with Crippen LogP contribution in [0.15, 0.2) is 18.3 Å². The third-order valence-corrected chi connectivity index (χ3v) is 2.48. The van der Waals surface area contributed by atoms with E-state index in [-0.39, 0.29) is 0 Å². The minimum Gasteiger partial charge on any atom is -0.360 e. The van der Waals surface area contributed by atoms with Crippen molar-refractivity contribution in [2.45, 2.75) is 26.8 Å². The highest BCUT2D eigenvalue weighted by atomic mass is 15.2. The first-order chi connectivity index (χ1) is 7.13. The molecule has 0 aliphatic rings. The van der Waals surface area contributed by atoms with Gasteiger partial charge in [-0.3, -0.25) is 0 Å². The second-order valence-corrected chi connectivity index (χ2v) is 4.33. The molecule has 0 spiro atoms. The molecule has 0 bridgehead atoms. The number of hydrogen-bond donors (Lipinski definition) is 1. The summed E-state index contributed by atoms with van der Waals surface area (Å²) >= 11 is 0. The molecule has 3 nitrogen and oxygen atoms in total. The molecule has 0 aliphatic carbocycles. The highest BCUT2D eigenvalue weighted by Crippen LogP contribution is 2.12. The molecule has 1 rings (SSSR count). The van der Waals surface area contributed by atoms with Gasteiger partial charge in [-0.2, -0.15) is 0 Å². The van der Waals surface area contributed by atoms with Crippen LogP contribution < -0.4 is 10.6 Å². The van der Waals surface area contributed by atoms with Gasteiger partial charge in [0.2, 0.25) is 0 Å². The van der Waals surface area contributed by atoms with Crippen LogP contribution in [0.3, 0.4) is 0 Å². The summed E-state index contributed by atoms with van der Waals surface area (Å²) < 4.78 is 0. The van der Waals surface area contributed by atoms with Crippen molar-refractivity contribution in [3.8, 4) is 0 Å². The van der Waals surface area contributed by atoms with Gasteiger partial charge in [-0.25, -0.2) is 4.98 Å². The Morgan fingerprint density at radius 1 is 1.47 bits per heavy atom. The smallest absolute Gasteiger partial charge is 0.128 e. The van der Waals surface area contributed by atoms with E-state index in [0.717, 1.165) is 23.8 Å². The molecule has 0 aromatic carbocycles. The molecule has 0 saturated heterocycles. The topological polar surface area (TPSA) is 42.1 Å². The lowest BCUT2D eigenvalue weighted by molar-refractivity contribution is 0.583. The van der Waals surface area contributed by atoms with Crippen LogP contribution in [0, 0.1) is 5.92 Å². The fourth-order valence-corrected chi connectivity index (χ4v) is 1.36. The summed E-state index contributed by atoms with van der Waals surface area (Å²) in [6.45, 7) is 6.08. The third kappa shape index (κ3) is 3.88. The normalized spacial score (nSPS) is 10.7. The monoisotopic (exact) mass is 207 g/mol. The maximum absolute atomic E-state index is 5.59. The van der Waals surface area contributed by atoms with Crippen molar-refractivity contribution < 1.29 is 0 Å². The number of nitrogens with zero attached hydrogens (tertiary/aromatic N) is 2. The molecule has 0 fully saturated rings. The Labute approximate surface area is 92.3 Å². The predicted octanol–water partition coefficient (Wildman–Crippen LogP) is 2.02. The number of anilines is 1. The van der Waals surface area contributed by atoms with Crippen LogP contribution in [-0.4, -0.2) is 18.6 Å². The summed E-state index contributed by atoms with van der Waals surface area (Å²) in [6.07, 6.45) is 3.01. The Kier molecular flexibility index (Phi) is 4.56. The standard InChI is InChI=1S/C12H21N3/c1-10(2)5-7-15(3)12-8-11(9-13)4-6-14-12/h4,6,8,10H,5,7,9,13H2,1-3H3. The maximum Gasteiger partial charge on any atom is 0.128 e. The Bertz CT molecular complexity index is 297. The van der Waals surface area contributed by atoms with Crippen molar-refractivity contribution in [3.05, 3.63) is 23.9 Å². The highest BCUT2D eigenvalue weighted by Gasteiger charge is 2.03. The third-order valence-electron chi connectivity index (χ3n) is 2.48. The van der Waals surface area contributed by atoms with Gasteiger partial charge in [0.15, 0.2) is 0 Å². The van der Waals surface area contributed by atoms with E-state index in [0.29, 0.717) is 6.54 Å². The largest absolute Gasteiger partial charge is 0.360 e. The van der Waals surface area contributed by atoms with Crippen LogP contribution in [0.4, 0.5) is 5.82 Å². The van der Waals surface area contributed by atoms with Gasteiger partial charge in [-0.15, -0.1) is 0 Å². The molecule has 1 aromatic heterocycles. The summed E-state index contributed by atoms with van der Waals surface area (Å²) in [7, 11) is 2.07. The van der Waals surface area contributed by atoms with Crippen LogP contribution in [0.25, 0.3) is 0 Å². The predicted molar refractivity (Wildman–Crippen MR) is 64.9 cm³/mol. The van der Waals surface area contributed by atoms with E-state index < -0.39 is 0 Å². The van der Waals surface area contributed by atoms with E-state index in [9.17, 15) is 0 Å². The average molecular weight is 207 g/mol. The molecule has 84 valence electrons. The molecule has 2 N–H and O–H groups in total. The number of pyridine rings is 1. The van der Waals surface area contributed by atoms with E-state index in [2.05, 4.69) is 36.8 Å². The molecule has 0 aliphatic heterocycles. The summed E-state index contributed by atoms with van der Waals surface area (Å²) in [5.41, 5.74) is 6.73. The van der Waals surface area contributed by atoms with Crippen LogP contribution in [-0.2, 0) is 6.54 Å². The first kappa shape index (κ1) is 12.0. The molecule has 0 unspecified atom stereocenters. The lowest BCUT2D eigenvalue weighted by Crippen LogP contribution is -2.21. The fourth-order valence-electron chi connectivity index (χ4n) is 1.36. The van der Waals surface area contributed by atoms with Gasteiger partial charge in [0.05, 0.1) is 0 Å². The quantitative estimate of drug-likeness (QED) is 0.803. The number of rotatable bonds is 5. The molecule has 0 radical (unpaired) electrons. The maximum atomic E-state index is 5.59. The summed E-state index contributed by atoms with van der Waals surface area (Å²) in [5, 5.41) is 0. The molecule has 0 amide bonds. The van der Waals surface area contributed by atoms with E-state index >= 15 is 0 Å². The van der Waals surface area contributed by atoms with Gasteiger partial charge in [-0.05, 0) is 30.0 Å². The summed E-state index contributed by atoms with van der Waals surface area (Å²) in [4.78, 5) is 6.52. The van der Waals surface area contributed by atoms with Crippen LogP contribution in [0.1, 0.15) is 25.8 Å². The van der Waals surface area contributed by atoms with Crippen molar-refractivity contribution in [2.24, 2.45) is 11.7 Å². The van der Waals surface area contributed by atoms with E-state index in [1.165, 1.54) is 6.42 Å². The first-order valence-electron chi connectivity index (χ1n) is 5.49. The minimum absolute atomic E-state index is 0.577. The van der Waals surface area contributed by atoms with Gasteiger partial charge >= 0.3 is 0 Å². The second kappa shape index (κ2) is 5.71. The van der Waals surface area contributed by atoms with Crippen molar-refractivity contribution in [1.29, 1.82) is 0 Å². The first-order valence-corrected chi connectivity index (χ1v) is 5.49. The minimum atomic E-state index is 0.577. The Morgan fingerprint density at radius 2 is 2.20 bits per heavy atom. The fraction of sp³-hybridized carbons (Fsp3) is 0.583. The lowest BCUT2D eigenvalue weighted by Gasteiger charge is -2.19. The van der Waals surface area contributed by atoms with Gasteiger partial charge in [0, 0.05) is 26.3 Å². The van der Waals surface area contributed by atoms with E-state index in [1.807, 2.05) is 12.3 Å². The van der Waals surface area contributed by atoms with E-state index in [4.69, 9.17) is 5.73 Å². The Morgan fingerprint density at radius 3 is 2.80 bits per heavy atom. The Balaban J connectivity index is 2.60.